The van der Waals surface area contributed by atoms with E-state index >= 15 is 0 Å². The van der Waals surface area contributed by atoms with E-state index in [2.05, 4.69) is 21.8 Å². The van der Waals surface area contributed by atoms with Crippen LogP contribution >= 0.6 is 11.6 Å². The van der Waals surface area contributed by atoms with Gasteiger partial charge >= 0.3 is 0 Å². The number of imidazole rings is 1. The molecular formula is C9H14ClN3O. The monoisotopic (exact) mass is 215 g/mol. The standard InChI is InChI=1S/C9H14ClN3O/c1-2-8-11-5-9(12-8)13-3-4-14-7(10)6-13/h5,7H,2-4,6H2,1H3,(H,11,12). The number of hydrogen-bond donors (Lipinski definition) is 1. The number of aromatic amines is 1. The number of rotatable bonds is 2. The van der Waals surface area contributed by atoms with Gasteiger partial charge in [-0.05, 0) is 0 Å². The molecule has 1 fully saturated rings. The van der Waals surface area contributed by atoms with Gasteiger partial charge in [0.15, 0.2) is 0 Å². The first kappa shape index (κ1) is 9.80. The molecule has 1 N–H and O–H groups in total. The maximum absolute atomic E-state index is 5.90. The molecule has 14 heavy (non-hydrogen) atoms. The van der Waals surface area contributed by atoms with Gasteiger partial charge in [-0.2, -0.15) is 0 Å². The Hall–Kier alpha value is -0.740. The number of nitrogens with one attached hydrogen (secondary N) is 1. The topological polar surface area (TPSA) is 41.2 Å². The minimum atomic E-state index is -0.211. The first-order valence-corrected chi connectivity index (χ1v) is 5.27. The molecule has 0 aromatic carbocycles. The maximum atomic E-state index is 5.90. The second kappa shape index (κ2) is 4.19. The Morgan fingerprint density at radius 3 is 3.29 bits per heavy atom. The van der Waals surface area contributed by atoms with Gasteiger partial charge < -0.3 is 14.6 Å². The molecule has 0 amide bonds. The Morgan fingerprint density at radius 1 is 1.79 bits per heavy atom. The van der Waals surface area contributed by atoms with Crippen LogP contribution in [0.15, 0.2) is 6.20 Å². The summed E-state index contributed by atoms with van der Waals surface area (Å²) in [6, 6.07) is 0. The van der Waals surface area contributed by atoms with Gasteiger partial charge in [-0.1, -0.05) is 18.5 Å². The third kappa shape index (κ3) is 2.01. The van der Waals surface area contributed by atoms with Gasteiger partial charge in [0, 0.05) is 13.0 Å². The highest BCUT2D eigenvalue weighted by Gasteiger charge is 2.19. The van der Waals surface area contributed by atoms with Crippen LogP contribution in [0, 0.1) is 0 Å². The van der Waals surface area contributed by atoms with E-state index in [-0.39, 0.29) is 5.56 Å². The van der Waals surface area contributed by atoms with Crippen LogP contribution in [0.3, 0.4) is 0 Å². The van der Waals surface area contributed by atoms with E-state index in [9.17, 15) is 0 Å². The van der Waals surface area contributed by atoms with Crippen LogP contribution in [-0.2, 0) is 11.2 Å². The van der Waals surface area contributed by atoms with Crippen molar-refractivity contribution in [1.82, 2.24) is 9.97 Å². The third-order valence-electron chi connectivity index (χ3n) is 2.31. The quantitative estimate of drug-likeness (QED) is 0.758. The Morgan fingerprint density at radius 2 is 2.64 bits per heavy atom. The van der Waals surface area contributed by atoms with Crippen LogP contribution in [0.5, 0.6) is 0 Å². The Balaban J connectivity index is 2.06. The molecule has 1 aliphatic rings. The second-order valence-electron chi connectivity index (χ2n) is 3.30. The van der Waals surface area contributed by atoms with Gasteiger partial charge in [-0.15, -0.1) is 0 Å². The van der Waals surface area contributed by atoms with Crippen molar-refractivity contribution < 1.29 is 4.74 Å². The number of aromatic nitrogens is 2. The van der Waals surface area contributed by atoms with Gasteiger partial charge in [0.25, 0.3) is 0 Å². The average molecular weight is 216 g/mol. The van der Waals surface area contributed by atoms with Crippen molar-refractivity contribution in [3.63, 3.8) is 0 Å². The number of alkyl halides is 1. The zero-order chi connectivity index (χ0) is 9.97. The molecule has 4 nitrogen and oxygen atoms in total. The molecule has 5 heteroatoms. The minimum absolute atomic E-state index is 0.211. The Kier molecular flexibility index (Phi) is 2.93. The fraction of sp³-hybridized carbons (Fsp3) is 0.667. The first-order valence-electron chi connectivity index (χ1n) is 4.84. The fourth-order valence-corrected chi connectivity index (χ4v) is 1.77. The number of aryl methyl sites for hydroxylation is 1. The number of anilines is 1. The lowest BCUT2D eigenvalue weighted by molar-refractivity contribution is 0.0931. The molecule has 0 radical (unpaired) electrons. The van der Waals surface area contributed by atoms with E-state index in [1.807, 2.05) is 6.20 Å². The predicted octanol–water partition coefficient (Wildman–Crippen LogP) is 1.37. The SMILES string of the molecule is CCc1ncc(N2CCOC(Cl)C2)[nH]1. The fourth-order valence-electron chi connectivity index (χ4n) is 1.52. The lowest BCUT2D eigenvalue weighted by Crippen LogP contribution is -2.40. The highest BCUT2D eigenvalue weighted by atomic mass is 35.5. The summed E-state index contributed by atoms with van der Waals surface area (Å²) in [4.78, 5) is 9.67. The zero-order valence-electron chi connectivity index (χ0n) is 8.16. The molecule has 1 aromatic rings. The van der Waals surface area contributed by atoms with Crippen molar-refractivity contribution in [2.45, 2.75) is 18.9 Å². The molecule has 1 aliphatic heterocycles. The van der Waals surface area contributed by atoms with Crippen LogP contribution in [0.25, 0.3) is 0 Å². The Labute approximate surface area is 88.2 Å². The number of ether oxygens (including phenoxy) is 1. The van der Waals surface area contributed by atoms with Gasteiger partial charge in [-0.25, -0.2) is 4.98 Å². The molecule has 2 rings (SSSR count). The summed E-state index contributed by atoms with van der Waals surface area (Å²) in [6.07, 6.45) is 2.78. The van der Waals surface area contributed by atoms with Crippen molar-refractivity contribution >= 4 is 17.4 Å². The molecule has 1 aromatic heterocycles. The molecule has 0 saturated carbocycles. The second-order valence-corrected chi connectivity index (χ2v) is 3.78. The molecule has 1 unspecified atom stereocenters. The van der Waals surface area contributed by atoms with Gasteiger partial charge in [0.1, 0.15) is 17.2 Å². The Bertz CT molecular complexity index is 302. The smallest absolute Gasteiger partial charge is 0.148 e. The molecular weight excluding hydrogens is 202 g/mol. The molecule has 78 valence electrons. The zero-order valence-corrected chi connectivity index (χ0v) is 8.92. The maximum Gasteiger partial charge on any atom is 0.148 e. The number of halogens is 1. The minimum Gasteiger partial charge on any atom is -0.359 e. The number of morpholine rings is 1. The van der Waals surface area contributed by atoms with Crippen molar-refractivity contribution in [2.24, 2.45) is 0 Å². The lowest BCUT2D eigenvalue weighted by atomic mass is 10.4. The molecule has 0 aliphatic carbocycles. The van der Waals surface area contributed by atoms with Crippen LogP contribution in [0.2, 0.25) is 0 Å². The normalized spacial score (nSPS) is 22.7. The predicted molar refractivity (Wildman–Crippen MR) is 55.8 cm³/mol. The summed E-state index contributed by atoms with van der Waals surface area (Å²) in [7, 11) is 0. The van der Waals surface area contributed by atoms with Crippen LogP contribution in [-0.4, -0.2) is 35.2 Å². The van der Waals surface area contributed by atoms with E-state index in [0.29, 0.717) is 13.2 Å². The third-order valence-corrected chi connectivity index (χ3v) is 2.58. The summed E-state index contributed by atoms with van der Waals surface area (Å²) >= 11 is 5.90. The van der Waals surface area contributed by atoms with Crippen molar-refractivity contribution in [3.05, 3.63) is 12.0 Å². The van der Waals surface area contributed by atoms with Crippen molar-refractivity contribution in [1.29, 1.82) is 0 Å². The largest absolute Gasteiger partial charge is 0.359 e. The molecule has 1 atom stereocenters. The van der Waals surface area contributed by atoms with Crippen LogP contribution in [0.4, 0.5) is 5.82 Å². The van der Waals surface area contributed by atoms with E-state index < -0.39 is 0 Å². The van der Waals surface area contributed by atoms with Crippen LogP contribution in [0.1, 0.15) is 12.7 Å². The highest BCUT2D eigenvalue weighted by molar-refractivity contribution is 6.20. The summed E-state index contributed by atoms with van der Waals surface area (Å²) < 4.78 is 5.25. The van der Waals surface area contributed by atoms with E-state index in [0.717, 1.165) is 24.6 Å². The number of hydrogen-bond acceptors (Lipinski definition) is 3. The number of nitrogens with zero attached hydrogens (tertiary/aromatic N) is 2. The van der Waals surface area contributed by atoms with Crippen molar-refractivity contribution in [2.75, 3.05) is 24.6 Å². The highest BCUT2D eigenvalue weighted by Crippen LogP contribution is 2.16. The van der Waals surface area contributed by atoms with Gasteiger partial charge in [-0.3, -0.25) is 0 Å². The first-order chi connectivity index (χ1) is 6.79. The summed E-state index contributed by atoms with van der Waals surface area (Å²) in [5.74, 6) is 2.05. The summed E-state index contributed by atoms with van der Waals surface area (Å²) in [5, 5.41) is 0. The van der Waals surface area contributed by atoms with Crippen molar-refractivity contribution in [3.8, 4) is 0 Å². The van der Waals surface area contributed by atoms with E-state index in [1.165, 1.54) is 0 Å². The molecule has 0 spiro atoms. The number of H-pyrrole nitrogens is 1. The summed E-state index contributed by atoms with van der Waals surface area (Å²) in [6.45, 7) is 4.34. The van der Waals surface area contributed by atoms with Gasteiger partial charge in [0.05, 0.1) is 19.3 Å². The van der Waals surface area contributed by atoms with Gasteiger partial charge in [0.2, 0.25) is 0 Å². The summed E-state index contributed by atoms with van der Waals surface area (Å²) in [5.41, 5.74) is -0.211. The molecule has 0 bridgehead atoms. The average Bonchev–Trinajstić information content (AvgIpc) is 2.66. The molecule has 2 heterocycles. The van der Waals surface area contributed by atoms with E-state index in [1.54, 1.807) is 0 Å². The molecule has 1 saturated heterocycles. The van der Waals surface area contributed by atoms with Crippen LogP contribution < -0.4 is 4.90 Å². The van der Waals surface area contributed by atoms with E-state index in [4.69, 9.17) is 16.3 Å². The lowest BCUT2D eigenvalue weighted by Gasteiger charge is -2.30.